The molecule has 0 aromatic heterocycles. The average molecular weight is 277 g/mol. The fraction of sp³-hybridized carbons (Fsp3) is 0.571. The van der Waals surface area contributed by atoms with Crippen LogP contribution < -0.4 is 5.73 Å². The summed E-state index contributed by atoms with van der Waals surface area (Å²) in [7, 11) is 0. The summed E-state index contributed by atoms with van der Waals surface area (Å²) in [6.45, 7) is 0.634. The Bertz CT molecular complexity index is 520. The van der Waals surface area contributed by atoms with Crippen molar-refractivity contribution in [3.63, 3.8) is 0 Å². The summed E-state index contributed by atoms with van der Waals surface area (Å²) >= 11 is 0. The second-order valence-corrected chi connectivity index (χ2v) is 5.79. The minimum Gasteiger partial charge on any atom is -0.393 e. The molecule has 0 spiro atoms. The van der Waals surface area contributed by atoms with Gasteiger partial charge in [-0.05, 0) is 31.2 Å². The second-order valence-electron chi connectivity index (χ2n) is 5.79. The van der Waals surface area contributed by atoms with Gasteiger partial charge < -0.3 is 10.8 Å². The monoisotopic (exact) mass is 277 g/mol. The van der Waals surface area contributed by atoms with Crippen LogP contribution in [0, 0.1) is 10.1 Å². The minimum absolute atomic E-state index is 0.0214. The van der Waals surface area contributed by atoms with E-state index in [1.807, 2.05) is 6.07 Å². The average Bonchev–Trinajstić information content (AvgIpc) is 2.64. The zero-order chi connectivity index (χ0) is 14.3. The highest BCUT2D eigenvalue weighted by molar-refractivity contribution is 5.63. The number of benzene rings is 1. The molecule has 2 aliphatic heterocycles. The van der Waals surface area contributed by atoms with Crippen molar-refractivity contribution in [1.82, 2.24) is 4.90 Å². The molecule has 2 saturated heterocycles. The summed E-state index contributed by atoms with van der Waals surface area (Å²) in [6.07, 6.45) is 3.58. The van der Waals surface area contributed by atoms with E-state index in [-0.39, 0.29) is 17.5 Å². The molecule has 2 bridgehead atoms. The minimum atomic E-state index is -0.437. The van der Waals surface area contributed by atoms with Gasteiger partial charge in [-0.15, -0.1) is 0 Å². The molecule has 0 amide bonds. The van der Waals surface area contributed by atoms with Crippen LogP contribution in [-0.4, -0.2) is 33.1 Å². The van der Waals surface area contributed by atoms with Crippen molar-refractivity contribution in [1.29, 1.82) is 0 Å². The number of rotatable bonds is 3. The first-order valence-electron chi connectivity index (χ1n) is 7.02. The van der Waals surface area contributed by atoms with Gasteiger partial charge in [0.05, 0.1) is 11.0 Å². The summed E-state index contributed by atoms with van der Waals surface area (Å²) in [5.41, 5.74) is 6.98. The van der Waals surface area contributed by atoms with E-state index in [0.29, 0.717) is 18.6 Å². The molecule has 108 valence electrons. The number of fused-ring (bicyclic) bond motifs is 2. The van der Waals surface area contributed by atoms with E-state index in [4.69, 9.17) is 5.73 Å². The fourth-order valence-corrected chi connectivity index (χ4v) is 3.60. The second kappa shape index (κ2) is 5.03. The standard InChI is InChI=1S/C14H19N3O3/c15-14-9(2-1-3-13(14)17(19)20)8-16-10-4-5-11(16)7-12(18)6-10/h1-3,10-12,18H,4-8,15H2. The van der Waals surface area contributed by atoms with Crippen molar-refractivity contribution in [3.8, 4) is 0 Å². The number of anilines is 1. The number of aliphatic hydroxyl groups excluding tert-OH is 1. The van der Waals surface area contributed by atoms with Gasteiger partial charge in [0, 0.05) is 24.7 Å². The molecule has 2 atom stereocenters. The molecule has 20 heavy (non-hydrogen) atoms. The Hall–Kier alpha value is -1.66. The van der Waals surface area contributed by atoms with Crippen molar-refractivity contribution in [2.75, 3.05) is 5.73 Å². The van der Waals surface area contributed by atoms with E-state index in [1.165, 1.54) is 6.07 Å². The Kier molecular flexibility index (Phi) is 3.35. The summed E-state index contributed by atoms with van der Waals surface area (Å²) < 4.78 is 0. The molecule has 0 radical (unpaired) electrons. The largest absolute Gasteiger partial charge is 0.393 e. The number of hydrogen-bond donors (Lipinski definition) is 2. The highest BCUT2D eigenvalue weighted by Gasteiger charge is 2.40. The maximum Gasteiger partial charge on any atom is 0.292 e. The van der Waals surface area contributed by atoms with Crippen LogP contribution in [0.2, 0.25) is 0 Å². The quantitative estimate of drug-likeness (QED) is 0.498. The molecule has 0 saturated carbocycles. The lowest BCUT2D eigenvalue weighted by Crippen LogP contribution is -2.44. The smallest absolute Gasteiger partial charge is 0.292 e. The molecule has 1 aromatic carbocycles. The Morgan fingerprint density at radius 3 is 2.60 bits per heavy atom. The Labute approximate surface area is 117 Å². The molecule has 3 N–H and O–H groups in total. The highest BCUT2D eigenvalue weighted by Crippen LogP contribution is 2.38. The number of nitrogens with zero attached hydrogens (tertiary/aromatic N) is 2. The van der Waals surface area contributed by atoms with Crippen molar-refractivity contribution in [3.05, 3.63) is 33.9 Å². The zero-order valence-electron chi connectivity index (χ0n) is 11.2. The maximum atomic E-state index is 10.9. The molecule has 1 aromatic rings. The van der Waals surface area contributed by atoms with Crippen LogP contribution in [0.1, 0.15) is 31.2 Å². The fourth-order valence-electron chi connectivity index (χ4n) is 3.60. The Morgan fingerprint density at radius 1 is 1.35 bits per heavy atom. The van der Waals surface area contributed by atoms with E-state index < -0.39 is 4.92 Å². The molecule has 2 unspecified atom stereocenters. The van der Waals surface area contributed by atoms with Crippen LogP contribution >= 0.6 is 0 Å². The number of piperidine rings is 1. The van der Waals surface area contributed by atoms with Gasteiger partial charge in [0.2, 0.25) is 0 Å². The lowest BCUT2D eigenvalue weighted by molar-refractivity contribution is -0.384. The lowest BCUT2D eigenvalue weighted by Gasteiger charge is -2.37. The van der Waals surface area contributed by atoms with Gasteiger partial charge in [0.1, 0.15) is 5.69 Å². The van der Waals surface area contributed by atoms with Crippen LogP contribution in [-0.2, 0) is 6.54 Å². The highest BCUT2D eigenvalue weighted by atomic mass is 16.6. The third-order valence-corrected chi connectivity index (χ3v) is 4.58. The third-order valence-electron chi connectivity index (χ3n) is 4.58. The van der Waals surface area contributed by atoms with Gasteiger partial charge in [-0.2, -0.15) is 0 Å². The van der Waals surface area contributed by atoms with Gasteiger partial charge in [0.25, 0.3) is 5.69 Å². The molecule has 2 aliphatic rings. The van der Waals surface area contributed by atoms with E-state index in [9.17, 15) is 15.2 Å². The molecular weight excluding hydrogens is 258 g/mol. The van der Waals surface area contributed by atoms with Crippen LogP contribution in [0.15, 0.2) is 18.2 Å². The molecule has 0 aliphatic carbocycles. The van der Waals surface area contributed by atoms with Gasteiger partial charge in [-0.25, -0.2) is 0 Å². The number of nitrogen functional groups attached to an aromatic ring is 1. The van der Waals surface area contributed by atoms with Crippen molar-refractivity contribution in [2.24, 2.45) is 0 Å². The SMILES string of the molecule is Nc1c(CN2C3CCC2CC(O)C3)cccc1[N+](=O)[O-]. The summed E-state index contributed by atoms with van der Waals surface area (Å²) in [5, 5.41) is 20.7. The molecule has 2 heterocycles. The first kappa shape index (κ1) is 13.3. The van der Waals surface area contributed by atoms with Gasteiger partial charge in [-0.1, -0.05) is 12.1 Å². The van der Waals surface area contributed by atoms with E-state index in [0.717, 1.165) is 31.2 Å². The van der Waals surface area contributed by atoms with Gasteiger partial charge in [0.15, 0.2) is 0 Å². The number of nitro benzene ring substituents is 1. The Balaban J connectivity index is 1.82. The molecule has 3 rings (SSSR count). The van der Waals surface area contributed by atoms with Crippen molar-refractivity contribution in [2.45, 2.75) is 50.4 Å². The number of para-hydroxylation sites is 1. The maximum absolute atomic E-state index is 10.9. The Morgan fingerprint density at radius 2 is 2.00 bits per heavy atom. The molecular formula is C14H19N3O3. The van der Waals surface area contributed by atoms with Crippen molar-refractivity contribution < 1.29 is 10.0 Å². The van der Waals surface area contributed by atoms with Crippen molar-refractivity contribution >= 4 is 11.4 Å². The first-order valence-corrected chi connectivity index (χ1v) is 7.02. The van der Waals surface area contributed by atoms with E-state index >= 15 is 0 Å². The lowest BCUT2D eigenvalue weighted by atomic mass is 9.98. The molecule has 6 heteroatoms. The van der Waals surface area contributed by atoms with E-state index in [2.05, 4.69) is 4.90 Å². The predicted molar refractivity (Wildman–Crippen MR) is 75.1 cm³/mol. The zero-order valence-corrected chi connectivity index (χ0v) is 11.2. The first-order chi connectivity index (χ1) is 9.56. The predicted octanol–water partition coefficient (Wildman–Crippen LogP) is 1.66. The van der Waals surface area contributed by atoms with E-state index in [1.54, 1.807) is 6.07 Å². The van der Waals surface area contributed by atoms with Gasteiger partial charge in [-0.3, -0.25) is 15.0 Å². The van der Waals surface area contributed by atoms with Crippen LogP contribution in [0.4, 0.5) is 11.4 Å². The van der Waals surface area contributed by atoms with Crippen LogP contribution in [0.5, 0.6) is 0 Å². The van der Waals surface area contributed by atoms with Crippen LogP contribution in [0.3, 0.4) is 0 Å². The number of nitrogens with two attached hydrogens (primary N) is 1. The summed E-state index contributed by atoms with van der Waals surface area (Å²) in [6, 6.07) is 5.73. The number of hydrogen-bond acceptors (Lipinski definition) is 5. The number of aliphatic hydroxyl groups is 1. The topological polar surface area (TPSA) is 92.6 Å². The molecule has 2 fully saturated rings. The summed E-state index contributed by atoms with van der Waals surface area (Å²) in [5.74, 6) is 0. The molecule has 6 nitrogen and oxygen atoms in total. The normalized spacial score (nSPS) is 29.6. The van der Waals surface area contributed by atoms with Gasteiger partial charge >= 0.3 is 0 Å². The summed E-state index contributed by atoms with van der Waals surface area (Å²) in [4.78, 5) is 12.8. The van der Waals surface area contributed by atoms with Crippen LogP contribution in [0.25, 0.3) is 0 Å². The third kappa shape index (κ3) is 2.25. The number of nitro groups is 1.